The number of nitrogens with zero attached hydrogens (tertiary/aromatic N) is 3. The van der Waals surface area contributed by atoms with Gasteiger partial charge in [0.1, 0.15) is 17.2 Å². The molecular weight excluding hydrogens is 416 g/mol. The Morgan fingerprint density at radius 2 is 1.94 bits per heavy atom. The van der Waals surface area contributed by atoms with Crippen molar-refractivity contribution in [2.24, 2.45) is 7.05 Å². The largest absolute Gasteiger partial charge is 0.497 e. The first kappa shape index (κ1) is 22.5. The van der Waals surface area contributed by atoms with Gasteiger partial charge >= 0.3 is 0 Å². The molecule has 3 aromatic rings. The van der Waals surface area contributed by atoms with E-state index >= 15 is 0 Å². The lowest BCUT2D eigenvalue weighted by Gasteiger charge is -2.14. The molecule has 164 valence electrons. The third-order valence-corrected chi connectivity index (χ3v) is 5.57. The van der Waals surface area contributed by atoms with Crippen LogP contribution in [0.1, 0.15) is 24.4 Å². The van der Waals surface area contributed by atoms with Gasteiger partial charge in [0.15, 0.2) is 17.1 Å². The van der Waals surface area contributed by atoms with Gasteiger partial charge in [-0.25, -0.2) is 0 Å². The molecule has 3 rings (SSSR count). The predicted molar refractivity (Wildman–Crippen MR) is 120 cm³/mol. The van der Waals surface area contributed by atoms with Gasteiger partial charge in [0.25, 0.3) is 0 Å². The molecule has 31 heavy (non-hydrogen) atoms. The molecule has 1 atom stereocenters. The zero-order valence-electron chi connectivity index (χ0n) is 18.2. The smallest absolute Gasteiger partial charge is 0.234 e. The van der Waals surface area contributed by atoms with Gasteiger partial charge in [0, 0.05) is 13.1 Å². The van der Waals surface area contributed by atoms with Crippen molar-refractivity contribution in [1.29, 1.82) is 0 Å². The molecule has 1 aromatic heterocycles. The van der Waals surface area contributed by atoms with Gasteiger partial charge in [-0.1, -0.05) is 23.9 Å². The van der Waals surface area contributed by atoms with Crippen LogP contribution in [0.2, 0.25) is 0 Å². The van der Waals surface area contributed by atoms with E-state index in [1.165, 1.54) is 11.8 Å². The van der Waals surface area contributed by atoms with E-state index < -0.39 is 0 Å². The molecule has 1 amide bonds. The molecule has 0 aliphatic carbocycles. The predicted octanol–water partition coefficient (Wildman–Crippen LogP) is 4.01. The molecule has 0 saturated heterocycles. The van der Waals surface area contributed by atoms with Crippen LogP contribution in [0, 0.1) is 6.92 Å². The summed E-state index contributed by atoms with van der Waals surface area (Å²) in [5.74, 6) is 2.62. The summed E-state index contributed by atoms with van der Waals surface area (Å²) in [7, 11) is 4.97. The van der Waals surface area contributed by atoms with Gasteiger partial charge in [0.2, 0.25) is 5.91 Å². The molecule has 0 aliphatic rings. The SMILES string of the molecule is COc1ccc(OC)c(NC(=O)CSc2nnc(C(C)Oc3cccc(C)c3)n2C)c1. The molecule has 1 heterocycles. The number of hydrogen-bond acceptors (Lipinski definition) is 7. The third kappa shape index (κ3) is 5.69. The summed E-state index contributed by atoms with van der Waals surface area (Å²) >= 11 is 1.29. The normalized spacial score (nSPS) is 11.6. The average molecular weight is 443 g/mol. The number of thioether (sulfide) groups is 1. The molecule has 0 spiro atoms. The van der Waals surface area contributed by atoms with Crippen LogP contribution in [0.5, 0.6) is 17.2 Å². The van der Waals surface area contributed by atoms with Gasteiger partial charge < -0.3 is 24.1 Å². The van der Waals surface area contributed by atoms with Crippen LogP contribution < -0.4 is 19.5 Å². The van der Waals surface area contributed by atoms with Crippen LogP contribution in [0.4, 0.5) is 5.69 Å². The van der Waals surface area contributed by atoms with E-state index in [9.17, 15) is 4.79 Å². The van der Waals surface area contributed by atoms with Crippen molar-refractivity contribution < 1.29 is 19.0 Å². The van der Waals surface area contributed by atoms with Crippen molar-refractivity contribution in [2.45, 2.75) is 25.1 Å². The molecule has 1 unspecified atom stereocenters. The first-order chi connectivity index (χ1) is 14.9. The van der Waals surface area contributed by atoms with Gasteiger partial charge in [-0.2, -0.15) is 0 Å². The second-order valence-corrected chi connectivity index (χ2v) is 7.82. The van der Waals surface area contributed by atoms with Gasteiger partial charge in [-0.3, -0.25) is 4.79 Å². The first-order valence-electron chi connectivity index (χ1n) is 9.68. The Morgan fingerprint density at radius 1 is 1.13 bits per heavy atom. The lowest BCUT2D eigenvalue weighted by Crippen LogP contribution is -2.15. The molecule has 1 N–H and O–H groups in total. The van der Waals surface area contributed by atoms with E-state index in [1.807, 2.05) is 49.7 Å². The Morgan fingerprint density at radius 3 is 2.65 bits per heavy atom. The number of rotatable bonds is 9. The Balaban J connectivity index is 1.61. The van der Waals surface area contributed by atoms with E-state index in [4.69, 9.17) is 14.2 Å². The number of benzene rings is 2. The summed E-state index contributed by atoms with van der Waals surface area (Å²) in [4.78, 5) is 12.5. The standard InChI is InChI=1S/C22H26N4O4S/c1-14-7-6-8-17(11-14)30-15(2)21-24-25-22(26(21)3)31-13-20(27)23-18-12-16(28-4)9-10-19(18)29-5/h6-12,15H,13H2,1-5H3,(H,23,27). The summed E-state index contributed by atoms with van der Waals surface area (Å²) in [5, 5.41) is 11.9. The maximum atomic E-state index is 12.5. The van der Waals surface area contributed by atoms with Crippen molar-refractivity contribution in [2.75, 3.05) is 25.3 Å². The van der Waals surface area contributed by atoms with Crippen molar-refractivity contribution in [1.82, 2.24) is 14.8 Å². The van der Waals surface area contributed by atoms with Gasteiger partial charge in [-0.05, 0) is 43.7 Å². The number of amides is 1. The maximum Gasteiger partial charge on any atom is 0.234 e. The highest BCUT2D eigenvalue weighted by Crippen LogP contribution is 2.29. The Bertz CT molecular complexity index is 1050. The number of aryl methyl sites for hydroxylation is 1. The lowest BCUT2D eigenvalue weighted by atomic mass is 10.2. The van der Waals surface area contributed by atoms with E-state index in [0.29, 0.717) is 28.2 Å². The lowest BCUT2D eigenvalue weighted by molar-refractivity contribution is -0.113. The van der Waals surface area contributed by atoms with Crippen molar-refractivity contribution in [3.63, 3.8) is 0 Å². The zero-order valence-corrected chi connectivity index (χ0v) is 19.0. The highest BCUT2D eigenvalue weighted by Gasteiger charge is 2.18. The molecule has 0 bridgehead atoms. The first-order valence-corrected chi connectivity index (χ1v) is 10.7. The Hall–Kier alpha value is -3.20. The number of hydrogen-bond donors (Lipinski definition) is 1. The van der Waals surface area contributed by atoms with E-state index in [2.05, 4.69) is 15.5 Å². The summed E-state index contributed by atoms with van der Waals surface area (Å²) < 4.78 is 18.3. The fourth-order valence-electron chi connectivity index (χ4n) is 2.98. The molecule has 2 aromatic carbocycles. The van der Waals surface area contributed by atoms with E-state index in [0.717, 1.165) is 11.3 Å². The van der Waals surface area contributed by atoms with Crippen LogP contribution in [-0.4, -0.2) is 40.6 Å². The summed E-state index contributed by atoms with van der Waals surface area (Å²) in [6.07, 6.45) is -0.288. The molecule has 9 heteroatoms. The van der Waals surface area contributed by atoms with Crippen molar-refractivity contribution >= 4 is 23.4 Å². The highest BCUT2D eigenvalue weighted by atomic mass is 32.2. The van der Waals surface area contributed by atoms with Gasteiger partial charge in [0.05, 0.1) is 25.7 Å². The van der Waals surface area contributed by atoms with Crippen LogP contribution >= 0.6 is 11.8 Å². The minimum atomic E-state index is -0.288. The van der Waals surface area contributed by atoms with E-state index in [1.54, 1.807) is 32.4 Å². The molecule has 0 radical (unpaired) electrons. The molecule has 0 aliphatic heterocycles. The van der Waals surface area contributed by atoms with Crippen LogP contribution in [0.15, 0.2) is 47.6 Å². The fourth-order valence-corrected chi connectivity index (χ4v) is 3.70. The zero-order chi connectivity index (χ0) is 22.4. The molecule has 0 saturated carbocycles. The maximum absolute atomic E-state index is 12.5. The third-order valence-electron chi connectivity index (χ3n) is 4.55. The quantitative estimate of drug-likeness (QED) is 0.501. The second kappa shape index (κ2) is 10.2. The number of anilines is 1. The highest BCUT2D eigenvalue weighted by molar-refractivity contribution is 7.99. The molecule has 0 fully saturated rings. The summed E-state index contributed by atoms with van der Waals surface area (Å²) in [6, 6.07) is 13.1. The van der Waals surface area contributed by atoms with Crippen molar-refractivity contribution in [3.8, 4) is 17.2 Å². The minimum absolute atomic E-state index is 0.166. The molecule has 8 nitrogen and oxygen atoms in total. The van der Waals surface area contributed by atoms with Crippen LogP contribution in [-0.2, 0) is 11.8 Å². The number of carbonyl (C=O) groups excluding carboxylic acids is 1. The Kier molecular flexibility index (Phi) is 7.41. The van der Waals surface area contributed by atoms with Gasteiger partial charge in [-0.15, -0.1) is 10.2 Å². The second-order valence-electron chi connectivity index (χ2n) is 6.88. The van der Waals surface area contributed by atoms with Crippen LogP contribution in [0.3, 0.4) is 0 Å². The topological polar surface area (TPSA) is 87.5 Å². The Labute approximate surface area is 185 Å². The summed E-state index contributed by atoms with van der Waals surface area (Å²) in [6.45, 7) is 3.93. The minimum Gasteiger partial charge on any atom is -0.497 e. The number of carbonyl (C=O) groups is 1. The van der Waals surface area contributed by atoms with E-state index in [-0.39, 0.29) is 17.8 Å². The number of nitrogens with one attached hydrogen (secondary N) is 1. The fraction of sp³-hybridized carbons (Fsp3) is 0.318. The number of ether oxygens (including phenoxy) is 3. The monoisotopic (exact) mass is 442 g/mol. The van der Waals surface area contributed by atoms with Crippen molar-refractivity contribution in [3.05, 3.63) is 53.9 Å². The molecular formula is C22H26N4O4S. The summed E-state index contributed by atoms with van der Waals surface area (Å²) in [5.41, 5.74) is 1.67. The number of methoxy groups -OCH3 is 2. The number of aromatic nitrogens is 3. The van der Waals surface area contributed by atoms with Crippen LogP contribution in [0.25, 0.3) is 0 Å². The average Bonchev–Trinajstić information content (AvgIpc) is 3.12.